The third-order valence-electron chi connectivity index (χ3n) is 3.60. The SMILES string of the molecule is CCC(N)(CC)CNC(=O)CCc1ccc(F)cc1.Cl. The van der Waals surface area contributed by atoms with Gasteiger partial charge in [-0.05, 0) is 37.0 Å². The quantitative estimate of drug-likeness (QED) is 0.814. The van der Waals surface area contributed by atoms with Gasteiger partial charge in [0.05, 0.1) is 0 Å². The molecular weight excluding hydrogens is 279 g/mol. The number of carbonyl (C=O) groups is 1. The molecule has 0 aromatic heterocycles. The van der Waals surface area contributed by atoms with Gasteiger partial charge in [-0.2, -0.15) is 0 Å². The molecule has 1 amide bonds. The highest BCUT2D eigenvalue weighted by atomic mass is 35.5. The molecule has 0 saturated heterocycles. The van der Waals surface area contributed by atoms with E-state index in [1.807, 2.05) is 13.8 Å². The van der Waals surface area contributed by atoms with E-state index < -0.39 is 0 Å². The van der Waals surface area contributed by atoms with Crippen LogP contribution in [0.2, 0.25) is 0 Å². The molecule has 0 heterocycles. The molecule has 0 bridgehead atoms. The predicted molar refractivity (Wildman–Crippen MR) is 82.5 cm³/mol. The van der Waals surface area contributed by atoms with Crippen LogP contribution >= 0.6 is 12.4 Å². The van der Waals surface area contributed by atoms with Crippen molar-refractivity contribution in [2.45, 2.75) is 45.1 Å². The van der Waals surface area contributed by atoms with E-state index in [2.05, 4.69) is 5.32 Å². The van der Waals surface area contributed by atoms with Gasteiger partial charge in [0.2, 0.25) is 5.91 Å². The van der Waals surface area contributed by atoms with E-state index in [0.29, 0.717) is 19.4 Å². The van der Waals surface area contributed by atoms with Crippen molar-refractivity contribution in [2.24, 2.45) is 5.73 Å². The number of carbonyl (C=O) groups excluding carboxylic acids is 1. The number of nitrogens with one attached hydrogen (secondary N) is 1. The number of aryl methyl sites for hydroxylation is 1. The first kappa shape index (κ1) is 18.9. The van der Waals surface area contributed by atoms with Crippen LogP contribution in [0.4, 0.5) is 4.39 Å². The van der Waals surface area contributed by atoms with Crippen LogP contribution in [0.25, 0.3) is 0 Å². The van der Waals surface area contributed by atoms with E-state index in [4.69, 9.17) is 5.73 Å². The zero-order valence-electron chi connectivity index (χ0n) is 12.1. The molecule has 0 unspecified atom stereocenters. The first-order chi connectivity index (χ1) is 8.99. The molecule has 1 aromatic carbocycles. The Morgan fingerprint density at radius 1 is 1.25 bits per heavy atom. The normalized spacial score (nSPS) is 10.8. The lowest BCUT2D eigenvalue weighted by Crippen LogP contribution is -2.49. The van der Waals surface area contributed by atoms with Crippen molar-refractivity contribution in [1.82, 2.24) is 5.32 Å². The lowest BCUT2D eigenvalue weighted by molar-refractivity contribution is -0.121. The molecule has 0 radical (unpaired) electrons. The maximum absolute atomic E-state index is 12.7. The standard InChI is InChI=1S/C15H23FN2O.ClH/c1-3-15(17,4-2)11-18-14(19)10-7-12-5-8-13(16)9-6-12;/h5-6,8-9H,3-4,7,10-11,17H2,1-2H3,(H,18,19);1H. The van der Waals surface area contributed by atoms with E-state index in [-0.39, 0.29) is 29.7 Å². The Hall–Kier alpha value is -1.13. The summed E-state index contributed by atoms with van der Waals surface area (Å²) in [5.41, 5.74) is 6.76. The molecule has 114 valence electrons. The van der Waals surface area contributed by atoms with Gasteiger partial charge in [0.25, 0.3) is 0 Å². The van der Waals surface area contributed by atoms with Gasteiger partial charge in [0.15, 0.2) is 0 Å². The molecule has 0 aliphatic carbocycles. The van der Waals surface area contributed by atoms with Crippen LogP contribution in [0.1, 0.15) is 38.7 Å². The molecule has 5 heteroatoms. The Labute approximate surface area is 126 Å². The second-order valence-electron chi connectivity index (χ2n) is 4.97. The summed E-state index contributed by atoms with van der Waals surface area (Å²) in [6, 6.07) is 6.22. The average molecular weight is 303 g/mol. The van der Waals surface area contributed by atoms with Crippen LogP contribution in [0.15, 0.2) is 24.3 Å². The zero-order chi connectivity index (χ0) is 14.3. The van der Waals surface area contributed by atoms with Crippen molar-refractivity contribution in [3.8, 4) is 0 Å². The zero-order valence-corrected chi connectivity index (χ0v) is 12.9. The largest absolute Gasteiger partial charge is 0.354 e. The number of benzene rings is 1. The number of rotatable bonds is 7. The minimum atomic E-state index is -0.314. The number of nitrogens with two attached hydrogens (primary N) is 1. The van der Waals surface area contributed by atoms with Crippen LogP contribution in [0.3, 0.4) is 0 Å². The summed E-state index contributed by atoms with van der Waals surface area (Å²) in [6.07, 6.45) is 2.68. The Balaban J connectivity index is 0.00000361. The fourth-order valence-electron chi connectivity index (χ4n) is 1.77. The van der Waals surface area contributed by atoms with Gasteiger partial charge < -0.3 is 11.1 Å². The molecule has 1 aromatic rings. The highest BCUT2D eigenvalue weighted by Crippen LogP contribution is 2.10. The fraction of sp³-hybridized carbons (Fsp3) is 0.533. The van der Waals surface area contributed by atoms with Crippen molar-refractivity contribution < 1.29 is 9.18 Å². The Morgan fingerprint density at radius 2 is 1.80 bits per heavy atom. The number of amides is 1. The molecule has 3 N–H and O–H groups in total. The van der Waals surface area contributed by atoms with Gasteiger partial charge in [-0.3, -0.25) is 4.79 Å². The number of hydrogen-bond donors (Lipinski definition) is 2. The van der Waals surface area contributed by atoms with Crippen LogP contribution in [0.5, 0.6) is 0 Å². The third kappa shape index (κ3) is 6.35. The second kappa shape index (κ2) is 8.93. The molecule has 0 spiro atoms. The Kier molecular flexibility index (Phi) is 8.42. The number of hydrogen-bond acceptors (Lipinski definition) is 2. The second-order valence-corrected chi connectivity index (χ2v) is 4.97. The highest BCUT2D eigenvalue weighted by Gasteiger charge is 2.20. The molecular formula is C15H24ClFN2O. The lowest BCUT2D eigenvalue weighted by Gasteiger charge is -2.26. The molecule has 3 nitrogen and oxygen atoms in total. The van der Waals surface area contributed by atoms with Gasteiger partial charge >= 0.3 is 0 Å². The van der Waals surface area contributed by atoms with E-state index in [1.54, 1.807) is 12.1 Å². The van der Waals surface area contributed by atoms with Gasteiger partial charge in [0.1, 0.15) is 5.82 Å². The average Bonchev–Trinajstić information content (AvgIpc) is 2.44. The molecule has 20 heavy (non-hydrogen) atoms. The van der Waals surface area contributed by atoms with E-state index in [9.17, 15) is 9.18 Å². The topological polar surface area (TPSA) is 55.1 Å². The maximum atomic E-state index is 12.7. The van der Waals surface area contributed by atoms with Crippen molar-refractivity contribution in [3.63, 3.8) is 0 Å². The summed E-state index contributed by atoms with van der Waals surface area (Å²) in [5.74, 6) is -0.270. The van der Waals surface area contributed by atoms with Gasteiger partial charge in [-0.25, -0.2) is 4.39 Å². The Bertz CT molecular complexity index is 405. The van der Waals surface area contributed by atoms with E-state index in [0.717, 1.165) is 18.4 Å². The smallest absolute Gasteiger partial charge is 0.220 e. The fourth-order valence-corrected chi connectivity index (χ4v) is 1.77. The summed E-state index contributed by atoms with van der Waals surface area (Å²) in [6.45, 7) is 4.55. The molecule has 0 aliphatic heterocycles. The maximum Gasteiger partial charge on any atom is 0.220 e. The first-order valence-corrected chi connectivity index (χ1v) is 6.79. The summed E-state index contributed by atoms with van der Waals surface area (Å²) >= 11 is 0. The van der Waals surface area contributed by atoms with Gasteiger partial charge in [0, 0.05) is 18.5 Å². The summed E-state index contributed by atoms with van der Waals surface area (Å²) in [7, 11) is 0. The van der Waals surface area contributed by atoms with Crippen molar-refractivity contribution >= 4 is 18.3 Å². The van der Waals surface area contributed by atoms with Crippen molar-refractivity contribution in [2.75, 3.05) is 6.54 Å². The lowest BCUT2D eigenvalue weighted by atomic mass is 9.94. The molecule has 0 aliphatic rings. The predicted octanol–water partition coefficient (Wildman–Crippen LogP) is 2.81. The van der Waals surface area contributed by atoms with Crippen molar-refractivity contribution in [1.29, 1.82) is 0 Å². The van der Waals surface area contributed by atoms with E-state index >= 15 is 0 Å². The Morgan fingerprint density at radius 3 is 2.30 bits per heavy atom. The molecule has 1 rings (SSSR count). The molecule has 0 fully saturated rings. The minimum Gasteiger partial charge on any atom is -0.354 e. The molecule has 0 saturated carbocycles. The molecule has 0 atom stereocenters. The van der Waals surface area contributed by atoms with Crippen LogP contribution in [0, 0.1) is 5.82 Å². The summed E-state index contributed by atoms with van der Waals surface area (Å²) in [5, 5.41) is 2.87. The first-order valence-electron chi connectivity index (χ1n) is 6.79. The van der Waals surface area contributed by atoms with Gasteiger partial charge in [-0.1, -0.05) is 26.0 Å². The van der Waals surface area contributed by atoms with Crippen molar-refractivity contribution in [3.05, 3.63) is 35.6 Å². The van der Waals surface area contributed by atoms with Crippen LogP contribution in [-0.4, -0.2) is 18.0 Å². The highest BCUT2D eigenvalue weighted by molar-refractivity contribution is 5.85. The van der Waals surface area contributed by atoms with E-state index in [1.165, 1.54) is 12.1 Å². The van der Waals surface area contributed by atoms with Gasteiger partial charge in [-0.15, -0.1) is 12.4 Å². The third-order valence-corrected chi connectivity index (χ3v) is 3.60. The summed E-state index contributed by atoms with van der Waals surface area (Å²) in [4.78, 5) is 11.7. The number of halogens is 2. The van der Waals surface area contributed by atoms with Crippen LogP contribution < -0.4 is 11.1 Å². The monoisotopic (exact) mass is 302 g/mol. The minimum absolute atomic E-state index is 0. The summed E-state index contributed by atoms with van der Waals surface area (Å²) < 4.78 is 12.7. The van der Waals surface area contributed by atoms with Crippen LogP contribution in [-0.2, 0) is 11.2 Å².